The van der Waals surface area contributed by atoms with Gasteiger partial charge in [0, 0.05) is 12.1 Å². The molecule has 1 aromatic heterocycles. The van der Waals surface area contributed by atoms with E-state index in [1.54, 1.807) is 12.1 Å². The minimum Gasteiger partial charge on any atom is -0.364 e. The van der Waals surface area contributed by atoms with Crippen LogP contribution in [0.4, 0.5) is 0 Å². The number of hydrogen-bond donors (Lipinski definition) is 3. The number of para-hydroxylation sites is 1. The van der Waals surface area contributed by atoms with Crippen LogP contribution in [0.1, 0.15) is 34.3 Å². The number of nitrogens with two attached hydrogens (primary N) is 1. The molecule has 0 radical (unpaired) electrons. The molecule has 2 atom stereocenters. The summed E-state index contributed by atoms with van der Waals surface area (Å²) in [5, 5.41) is 10.6. The Balaban J connectivity index is 0.00000225. The maximum atomic E-state index is 12.5. The van der Waals surface area contributed by atoms with Crippen molar-refractivity contribution in [3.63, 3.8) is 0 Å². The quantitative estimate of drug-likeness (QED) is 0.757. The molecule has 4 N–H and O–H groups in total. The molecule has 1 aliphatic heterocycles. The van der Waals surface area contributed by atoms with Crippen LogP contribution in [0.25, 0.3) is 5.69 Å². The molecule has 8 heteroatoms. The van der Waals surface area contributed by atoms with E-state index in [0.29, 0.717) is 11.6 Å². The van der Waals surface area contributed by atoms with Crippen molar-refractivity contribution in [3.05, 3.63) is 47.8 Å². The number of benzene rings is 1. The van der Waals surface area contributed by atoms with Crippen LogP contribution in [-0.4, -0.2) is 40.7 Å². The lowest BCUT2D eigenvalue weighted by Crippen LogP contribution is -2.48. The fourth-order valence-corrected chi connectivity index (χ4v) is 2.90. The summed E-state index contributed by atoms with van der Waals surface area (Å²) in [5.41, 5.74) is 6.49. The first-order valence-corrected chi connectivity index (χ1v) is 8.03. The Hall–Kier alpha value is -2.38. The molecule has 1 aliphatic rings. The summed E-state index contributed by atoms with van der Waals surface area (Å²) in [6, 6.07) is 10.7. The number of carbonyl (C=O) groups excluding carboxylic acids is 2. The Morgan fingerprint density at radius 3 is 2.68 bits per heavy atom. The number of halogens is 1. The summed E-state index contributed by atoms with van der Waals surface area (Å²) in [5.74, 6) is -0.568. The summed E-state index contributed by atoms with van der Waals surface area (Å²) in [6.45, 7) is 3.84. The lowest BCUT2D eigenvalue weighted by molar-refractivity contribution is 0.0908. The van der Waals surface area contributed by atoms with Gasteiger partial charge in [0.1, 0.15) is 5.69 Å². The zero-order chi connectivity index (χ0) is 17.1. The van der Waals surface area contributed by atoms with Crippen LogP contribution in [0.3, 0.4) is 0 Å². The van der Waals surface area contributed by atoms with Crippen molar-refractivity contribution in [2.75, 3.05) is 13.1 Å². The Bertz CT molecular complexity index is 747. The second kappa shape index (κ2) is 8.13. The van der Waals surface area contributed by atoms with E-state index >= 15 is 0 Å². The third-order valence-electron chi connectivity index (χ3n) is 4.30. The largest absolute Gasteiger partial charge is 0.364 e. The molecule has 0 spiro atoms. The van der Waals surface area contributed by atoms with Crippen molar-refractivity contribution in [3.8, 4) is 5.69 Å². The second-order valence-corrected chi connectivity index (χ2v) is 6.08. The van der Waals surface area contributed by atoms with Gasteiger partial charge in [-0.3, -0.25) is 9.59 Å². The number of nitrogens with one attached hydrogen (secondary N) is 2. The summed E-state index contributed by atoms with van der Waals surface area (Å²) >= 11 is 0. The molecule has 2 amide bonds. The Morgan fingerprint density at radius 1 is 1.32 bits per heavy atom. The van der Waals surface area contributed by atoms with Crippen molar-refractivity contribution in [1.29, 1.82) is 0 Å². The van der Waals surface area contributed by atoms with Gasteiger partial charge in [0.15, 0.2) is 5.69 Å². The molecule has 2 aromatic rings. The highest BCUT2D eigenvalue weighted by Gasteiger charge is 2.25. The SMILES string of the molecule is CC1CNCCC1NC(=O)c1cc(C(N)=O)n(-c2ccccc2)n1.Cl. The number of piperidine rings is 1. The normalized spacial score (nSPS) is 19.7. The molecule has 2 heterocycles. The average Bonchev–Trinajstić information content (AvgIpc) is 3.03. The summed E-state index contributed by atoms with van der Waals surface area (Å²) < 4.78 is 1.41. The van der Waals surface area contributed by atoms with Crippen molar-refractivity contribution in [2.45, 2.75) is 19.4 Å². The number of amides is 2. The van der Waals surface area contributed by atoms with Gasteiger partial charge in [-0.1, -0.05) is 25.1 Å². The molecule has 0 aliphatic carbocycles. The molecule has 134 valence electrons. The predicted molar refractivity (Wildman–Crippen MR) is 97.2 cm³/mol. The zero-order valence-corrected chi connectivity index (χ0v) is 14.8. The maximum Gasteiger partial charge on any atom is 0.272 e. The summed E-state index contributed by atoms with van der Waals surface area (Å²) in [7, 11) is 0. The van der Waals surface area contributed by atoms with Gasteiger partial charge in [0.05, 0.1) is 5.69 Å². The maximum absolute atomic E-state index is 12.5. The molecular weight excluding hydrogens is 342 g/mol. The fraction of sp³-hybridized carbons (Fsp3) is 0.353. The van der Waals surface area contributed by atoms with Crippen molar-refractivity contribution >= 4 is 24.2 Å². The number of carbonyl (C=O) groups is 2. The van der Waals surface area contributed by atoms with Gasteiger partial charge in [-0.2, -0.15) is 5.10 Å². The Morgan fingerprint density at radius 2 is 2.04 bits per heavy atom. The standard InChI is InChI=1S/C17H21N5O2.ClH/c1-11-10-19-8-7-13(11)20-17(24)14-9-15(16(18)23)22(21-14)12-5-3-2-4-6-12;/h2-6,9,11,13,19H,7-8,10H2,1H3,(H2,18,23)(H,20,24);1H. The second-order valence-electron chi connectivity index (χ2n) is 6.08. The monoisotopic (exact) mass is 363 g/mol. The number of hydrogen-bond acceptors (Lipinski definition) is 4. The van der Waals surface area contributed by atoms with Crippen LogP contribution in [-0.2, 0) is 0 Å². The van der Waals surface area contributed by atoms with Gasteiger partial charge in [-0.15, -0.1) is 12.4 Å². The fourth-order valence-electron chi connectivity index (χ4n) is 2.90. The highest BCUT2D eigenvalue weighted by atomic mass is 35.5. The molecule has 0 bridgehead atoms. The highest BCUT2D eigenvalue weighted by Crippen LogP contribution is 2.14. The molecule has 1 aromatic carbocycles. The van der Waals surface area contributed by atoms with Crippen LogP contribution in [0, 0.1) is 5.92 Å². The van der Waals surface area contributed by atoms with E-state index in [4.69, 9.17) is 5.73 Å². The molecule has 2 unspecified atom stereocenters. The summed E-state index contributed by atoms with van der Waals surface area (Å²) in [4.78, 5) is 24.2. The molecule has 1 fully saturated rings. The molecule has 25 heavy (non-hydrogen) atoms. The predicted octanol–water partition coefficient (Wildman–Crippen LogP) is 1.12. The van der Waals surface area contributed by atoms with Crippen molar-refractivity contribution < 1.29 is 9.59 Å². The van der Waals surface area contributed by atoms with Gasteiger partial charge in [-0.25, -0.2) is 4.68 Å². The van der Waals surface area contributed by atoms with Crippen LogP contribution in [0.5, 0.6) is 0 Å². The van der Waals surface area contributed by atoms with E-state index in [1.807, 2.05) is 18.2 Å². The van der Waals surface area contributed by atoms with Crippen LogP contribution < -0.4 is 16.4 Å². The molecule has 1 saturated heterocycles. The number of primary amides is 1. The topological polar surface area (TPSA) is 102 Å². The first kappa shape index (κ1) is 19.0. The van der Waals surface area contributed by atoms with Gasteiger partial charge in [0.25, 0.3) is 11.8 Å². The molecular formula is C17H22ClN5O2. The third kappa shape index (κ3) is 4.18. The van der Waals surface area contributed by atoms with Crippen LogP contribution >= 0.6 is 12.4 Å². The van der Waals surface area contributed by atoms with E-state index in [0.717, 1.165) is 19.5 Å². The third-order valence-corrected chi connectivity index (χ3v) is 4.30. The Labute approximate surface area is 152 Å². The Kier molecular flexibility index (Phi) is 6.17. The zero-order valence-electron chi connectivity index (χ0n) is 13.9. The number of aromatic nitrogens is 2. The first-order valence-electron chi connectivity index (χ1n) is 8.03. The molecule has 3 rings (SSSR count). The van der Waals surface area contributed by atoms with Crippen molar-refractivity contribution in [2.24, 2.45) is 11.7 Å². The first-order chi connectivity index (χ1) is 11.6. The smallest absolute Gasteiger partial charge is 0.272 e. The minimum atomic E-state index is -0.624. The lowest BCUT2D eigenvalue weighted by Gasteiger charge is -2.29. The van der Waals surface area contributed by atoms with E-state index < -0.39 is 5.91 Å². The van der Waals surface area contributed by atoms with Gasteiger partial charge >= 0.3 is 0 Å². The van der Waals surface area contributed by atoms with E-state index in [1.165, 1.54) is 10.7 Å². The number of nitrogens with zero attached hydrogens (tertiary/aromatic N) is 2. The highest BCUT2D eigenvalue weighted by molar-refractivity contribution is 5.97. The van der Waals surface area contributed by atoms with Crippen molar-refractivity contribution in [1.82, 2.24) is 20.4 Å². The van der Waals surface area contributed by atoms with Gasteiger partial charge in [-0.05, 0) is 37.6 Å². The molecule has 7 nitrogen and oxygen atoms in total. The van der Waals surface area contributed by atoms with E-state index in [2.05, 4.69) is 22.7 Å². The molecule has 0 saturated carbocycles. The average molecular weight is 364 g/mol. The lowest BCUT2D eigenvalue weighted by atomic mass is 9.95. The van der Waals surface area contributed by atoms with Crippen LogP contribution in [0.2, 0.25) is 0 Å². The van der Waals surface area contributed by atoms with E-state index in [9.17, 15) is 9.59 Å². The summed E-state index contributed by atoms with van der Waals surface area (Å²) in [6.07, 6.45) is 0.870. The van der Waals surface area contributed by atoms with Crippen LogP contribution in [0.15, 0.2) is 36.4 Å². The minimum absolute atomic E-state index is 0. The van der Waals surface area contributed by atoms with E-state index in [-0.39, 0.29) is 35.7 Å². The van der Waals surface area contributed by atoms with Gasteiger partial charge < -0.3 is 16.4 Å². The van der Waals surface area contributed by atoms with Gasteiger partial charge in [0.2, 0.25) is 0 Å². The number of rotatable bonds is 4.